The quantitative estimate of drug-likeness (QED) is 0.279. The van der Waals surface area contributed by atoms with Crippen LogP contribution in [-0.4, -0.2) is 49.5 Å². The van der Waals surface area contributed by atoms with E-state index in [2.05, 4.69) is 25.8 Å². The fourth-order valence-electron chi connectivity index (χ4n) is 3.53. The zero-order chi connectivity index (χ0) is 20.3. The highest BCUT2D eigenvalue weighted by Gasteiger charge is 2.24. The van der Waals surface area contributed by atoms with E-state index in [9.17, 15) is 4.79 Å². The minimum Gasteiger partial charge on any atom is -0.468 e. The number of carbonyl (C=O) groups excluding carboxylic acids is 1. The fourth-order valence-corrected chi connectivity index (χ4v) is 3.53. The summed E-state index contributed by atoms with van der Waals surface area (Å²) in [7, 11) is 0. The van der Waals surface area contributed by atoms with E-state index in [1.165, 1.54) is 19.3 Å². The van der Waals surface area contributed by atoms with E-state index in [1.54, 1.807) is 6.26 Å². The maximum absolute atomic E-state index is 12.2. The first-order chi connectivity index (χ1) is 14.3. The van der Waals surface area contributed by atoms with Crippen molar-refractivity contribution in [1.29, 1.82) is 0 Å². The van der Waals surface area contributed by atoms with Crippen LogP contribution in [0.3, 0.4) is 0 Å². The van der Waals surface area contributed by atoms with Crippen molar-refractivity contribution in [3.63, 3.8) is 0 Å². The van der Waals surface area contributed by atoms with Crippen LogP contribution in [0.1, 0.15) is 38.0 Å². The number of hydrogen-bond acceptors (Lipinski definition) is 4. The zero-order valence-corrected chi connectivity index (χ0v) is 19.8. The van der Waals surface area contributed by atoms with Gasteiger partial charge in [-0.2, -0.15) is 0 Å². The molecule has 2 heterocycles. The smallest absolute Gasteiger partial charge is 0.246 e. The van der Waals surface area contributed by atoms with Crippen LogP contribution in [0.25, 0.3) is 0 Å². The molecule has 7 nitrogen and oxygen atoms in total. The highest BCUT2D eigenvalue weighted by atomic mass is 127. The minimum absolute atomic E-state index is 0. The fraction of sp³-hybridized carbons (Fsp3) is 0.455. The number of aliphatic imine (C=N–C) groups is 1. The monoisotopic (exact) mass is 525 g/mol. The van der Waals surface area contributed by atoms with Crippen LogP contribution in [0.15, 0.2) is 58.1 Å². The first-order valence-electron chi connectivity index (χ1n) is 10.4. The molecule has 0 spiro atoms. The van der Waals surface area contributed by atoms with E-state index in [1.807, 2.05) is 49.4 Å². The van der Waals surface area contributed by atoms with Crippen molar-refractivity contribution in [2.75, 3.05) is 38.0 Å². The predicted octanol–water partition coefficient (Wildman–Crippen LogP) is 3.62. The molecule has 3 rings (SSSR count). The van der Waals surface area contributed by atoms with E-state index in [4.69, 9.17) is 4.42 Å². The molecule has 0 saturated carbocycles. The summed E-state index contributed by atoms with van der Waals surface area (Å²) < 4.78 is 5.70. The van der Waals surface area contributed by atoms with Gasteiger partial charge in [0.05, 0.1) is 12.3 Å². The molecule has 1 atom stereocenters. The van der Waals surface area contributed by atoms with Crippen LogP contribution in [0.2, 0.25) is 0 Å². The van der Waals surface area contributed by atoms with Crippen LogP contribution in [-0.2, 0) is 4.79 Å². The Morgan fingerprint density at radius 2 is 1.87 bits per heavy atom. The molecule has 1 aliphatic heterocycles. The first-order valence-corrected chi connectivity index (χ1v) is 10.4. The standard InChI is InChI=1S/C22H31N5O2.HI/c1-2-23-22(25-17-21(28)26-18-10-5-3-6-11-18)24-16-19(20-12-9-15-29-20)27-13-7-4-8-14-27;/h3,5-6,9-12,15,19H,2,4,7-8,13-14,16-17H2,1H3,(H,26,28)(H2,23,24,25);1H. The van der Waals surface area contributed by atoms with E-state index < -0.39 is 0 Å². The second-order valence-electron chi connectivity index (χ2n) is 7.12. The number of nitrogens with zero attached hydrogens (tertiary/aromatic N) is 2. The lowest BCUT2D eigenvalue weighted by atomic mass is 10.1. The highest BCUT2D eigenvalue weighted by molar-refractivity contribution is 14.0. The third-order valence-corrected chi connectivity index (χ3v) is 4.95. The lowest BCUT2D eigenvalue weighted by molar-refractivity contribution is -0.114. The minimum atomic E-state index is -0.146. The third-order valence-electron chi connectivity index (χ3n) is 4.95. The summed E-state index contributed by atoms with van der Waals surface area (Å²) >= 11 is 0. The summed E-state index contributed by atoms with van der Waals surface area (Å²) in [6, 6.07) is 13.5. The van der Waals surface area contributed by atoms with Crippen LogP contribution in [0, 0.1) is 0 Å². The molecule has 1 aromatic heterocycles. The molecule has 1 fully saturated rings. The number of anilines is 1. The van der Waals surface area contributed by atoms with Gasteiger partial charge in [-0.05, 0) is 57.1 Å². The lowest BCUT2D eigenvalue weighted by Crippen LogP contribution is -2.44. The number of furan rings is 1. The average Bonchev–Trinajstić information content (AvgIpc) is 3.28. The SMILES string of the molecule is CCNC(=NCC(=O)Nc1ccccc1)NCC(c1ccco1)N1CCCCC1.I. The predicted molar refractivity (Wildman–Crippen MR) is 131 cm³/mol. The van der Waals surface area contributed by atoms with Gasteiger partial charge >= 0.3 is 0 Å². The largest absolute Gasteiger partial charge is 0.468 e. The molecule has 3 N–H and O–H groups in total. The molecule has 2 aromatic rings. The summed E-state index contributed by atoms with van der Waals surface area (Å²) in [5, 5.41) is 9.45. The van der Waals surface area contributed by atoms with Gasteiger partial charge in [-0.25, -0.2) is 4.99 Å². The van der Waals surface area contributed by atoms with Gasteiger partial charge in [-0.15, -0.1) is 24.0 Å². The van der Waals surface area contributed by atoms with Crippen molar-refractivity contribution in [3.05, 3.63) is 54.5 Å². The van der Waals surface area contributed by atoms with Gasteiger partial charge in [0.15, 0.2) is 5.96 Å². The number of nitrogens with one attached hydrogen (secondary N) is 3. The summed E-state index contributed by atoms with van der Waals surface area (Å²) in [5.74, 6) is 1.44. The van der Waals surface area contributed by atoms with Crippen molar-refractivity contribution >= 4 is 41.5 Å². The first kappa shape index (κ1) is 24.2. The van der Waals surface area contributed by atoms with E-state index in [0.717, 1.165) is 31.1 Å². The molecule has 0 radical (unpaired) electrons. The lowest BCUT2D eigenvalue weighted by Gasteiger charge is -2.33. The number of piperidine rings is 1. The van der Waals surface area contributed by atoms with Crippen LogP contribution in [0.5, 0.6) is 0 Å². The Labute approximate surface area is 195 Å². The second kappa shape index (κ2) is 13.3. The molecule has 1 aromatic carbocycles. The summed E-state index contributed by atoms with van der Waals surface area (Å²) in [4.78, 5) is 19.1. The van der Waals surface area contributed by atoms with Gasteiger partial charge in [0.1, 0.15) is 12.3 Å². The molecule has 1 amide bonds. The molecule has 1 unspecified atom stereocenters. The topological polar surface area (TPSA) is 81.9 Å². The van der Waals surface area contributed by atoms with Crippen LogP contribution >= 0.6 is 24.0 Å². The van der Waals surface area contributed by atoms with Gasteiger partial charge < -0.3 is 20.4 Å². The molecular formula is C22H32IN5O2. The van der Waals surface area contributed by atoms with E-state index in [0.29, 0.717) is 12.5 Å². The van der Waals surface area contributed by atoms with Crippen molar-refractivity contribution in [2.45, 2.75) is 32.2 Å². The number of benzene rings is 1. The van der Waals surface area contributed by atoms with Gasteiger partial charge in [0.25, 0.3) is 0 Å². The summed E-state index contributed by atoms with van der Waals surface area (Å²) in [5.41, 5.74) is 0.772. The van der Waals surface area contributed by atoms with Crippen LogP contribution < -0.4 is 16.0 Å². The van der Waals surface area contributed by atoms with Crippen LogP contribution in [0.4, 0.5) is 5.69 Å². The number of para-hydroxylation sites is 1. The summed E-state index contributed by atoms with van der Waals surface area (Å²) in [6.45, 7) is 5.59. The zero-order valence-electron chi connectivity index (χ0n) is 17.5. The molecule has 0 bridgehead atoms. The van der Waals surface area contributed by atoms with E-state index >= 15 is 0 Å². The highest BCUT2D eigenvalue weighted by Crippen LogP contribution is 2.24. The number of rotatable bonds is 8. The van der Waals surface area contributed by atoms with Gasteiger partial charge in [0.2, 0.25) is 5.91 Å². The van der Waals surface area contributed by atoms with Gasteiger partial charge in [0, 0.05) is 18.8 Å². The Kier molecular flexibility index (Phi) is 10.7. The van der Waals surface area contributed by atoms with Crippen molar-refractivity contribution in [1.82, 2.24) is 15.5 Å². The number of amides is 1. The Balaban J connectivity index is 0.00000320. The molecule has 1 saturated heterocycles. The normalized spacial score (nSPS) is 15.7. The second-order valence-corrected chi connectivity index (χ2v) is 7.12. The molecular weight excluding hydrogens is 493 g/mol. The molecule has 164 valence electrons. The average molecular weight is 525 g/mol. The Morgan fingerprint density at radius 3 is 2.53 bits per heavy atom. The molecule has 30 heavy (non-hydrogen) atoms. The maximum Gasteiger partial charge on any atom is 0.246 e. The number of halogens is 1. The van der Waals surface area contributed by atoms with Crippen molar-refractivity contribution in [3.8, 4) is 0 Å². The molecule has 8 heteroatoms. The molecule has 1 aliphatic rings. The van der Waals surface area contributed by atoms with Crippen molar-refractivity contribution < 1.29 is 9.21 Å². The molecule has 0 aliphatic carbocycles. The third kappa shape index (κ3) is 7.64. The number of carbonyl (C=O) groups is 1. The van der Waals surface area contributed by atoms with Gasteiger partial charge in [-0.3, -0.25) is 9.69 Å². The Hall–Kier alpha value is -2.07. The van der Waals surface area contributed by atoms with Gasteiger partial charge in [-0.1, -0.05) is 24.6 Å². The van der Waals surface area contributed by atoms with Crippen molar-refractivity contribution in [2.24, 2.45) is 4.99 Å². The Bertz CT molecular complexity index is 761. The maximum atomic E-state index is 12.2. The number of guanidine groups is 1. The number of hydrogen-bond donors (Lipinski definition) is 3. The van der Waals surface area contributed by atoms with E-state index in [-0.39, 0.29) is 42.5 Å². The number of likely N-dealkylation sites (tertiary alicyclic amines) is 1. The Morgan fingerprint density at radius 1 is 1.10 bits per heavy atom. The summed E-state index contributed by atoms with van der Waals surface area (Å²) in [6.07, 6.45) is 5.44.